The average Bonchev–Trinajstić information content (AvgIpc) is 2.33. The summed E-state index contributed by atoms with van der Waals surface area (Å²) in [5, 5.41) is 10.4. The summed E-state index contributed by atoms with van der Waals surface area (Å²) in [6, 6.07) is 5.26. The molecule has 0 atom stereocenters. The molecule has 1 aromatic carbocycles. The van der Waals surface area contributed by atoms with Crippen molar-refractivity contribution in [1.82, 2.24) is 4.90 Å². The second kappa shape index (κ2) is 6.95. The molecule has 4 nitrogen and oxygen atoms in total. The molecular weight excluding hydrogens is 278 g/mol. The van der Waals surface area contributed by atoms with Crippen LogP contribution in [0.25, 0.3) is 0 Å². The number of aryl methyl sites for hydroxylation is 1. The number of amides is 1. The van der Waals surface area contributed by atoms with Gasteiger partial charge in [-0.3, -0.25) is 4.79 Å². The first-order chi connectivity index (χ1) is 9.23. The number of nitrogens with zero attached hydrogens (tertiary/aromatic N) is 1. The van der Waals surface area contributed by atoms with Gasteiger partial charge in [0.1, 0.15) is 5.75 Å². The molecule has 0 aliphatic rings. The van der Waals surface area contributed by atoms with E-state index < -0.39 is 5.60 Å². The number of benzene rings is 1. The van der Waals surface area contributed by atoms with E-state index in [-0.39, 0.29) is 19.1 Å². The van der Waals surface area contributed by atoms with Gasteiger partial charge in [0.2, 0.25) is 0 Å². The molecule has 5 heteroatoms. The van der Waals surface area contributed by atoms with Crippen LogP contribution in [0.5, 0.6) is 5.75 Å². The number of hydrogen-bond donors (Lipinski definition) is 1. The van der Waals surface area contributed by atoms with Gasteiger partial charge in [-0.15, -0.1) is 0 Å². The first-order valence-corrected chi connectivity index (χ1v) is 7.00. The minimum Gasteiger partial charge on any atom is -0.483 e. The fraction of sp³-hybridized carbons (Fsp3) is 0.533. The first-order valence-electron chi connectivity index (χ1n) is 6.62. The Balaban J connectivity index is 2.61. The molecule has 20 heavy (non-hydrogen) atoms. The van der Waals surface area contributed by atoms with Crippen LogP contribution in [0.2, 0.25) is 5.02 Å². The smallest absolute Gasteiger partial charge is 0.260 e. The van der Waals surface area contributed by atoms with Gasteiger partial charge in [0.15, 0.2) is 6.61 Å². The Bertz CT molecular complexity index is 469. The highest BCUT2D eigenvalue weighted by molar-refractivity contribution is 6.30. The zero-order valence-corrected chi connectivity index (χ0v) is 13.2. The topological polar surface area (TPSA) is 49.8 Å². The van der Waals surface area contributed by atoms with E-state index in [4.69, 9.17) is 16.3 Å². The highest BCUT2D eigenvalue weighted by atomic mass is 35.5. The van der Waals surface area contributed by atoms with Gasteiger partial charge >= 0.3 is 0 Å². The van der Waals surface area contributed by atoms with E-state index in [2.05, 4.69) is 0 Å². The lowest BCUT2D eigenvalue weighted by Crippen LogP contribution is -2.44. The number of carbonyl (C=O) groups excluding carboxylic acids is 1. The average molecular weight is 300 g/mol. The highest BCUT2D eigenvalue weighted by Gasteiger charge is 2.21. The maximum absolute atomic E-state index is 12.1. The molecule has 0 aliphatic heterocycles. The van der Waals surface area contributed by atoms with Crippen LogP contribution in [0, 0.1) is 6.92 Å². The third-order valence-electron chi connectivity index (χ3n) is 2.80. The van der Waals surface area contributed by atoms with E-state index in [0.29, 0.717) is 17.3 Å². The van der Waals surface area contributed by atoms with E-state index in [1.54, 1.807) is 36.9 Å². The molecular formula is C15H22ClNO3. The zero-order chi connectivity index (χ0) is 15.3. The molecule has 0 heterocycles. The maximum atomic E-state index is 12.1. The fourth-order valence-electron chi connectivity index (χ4n) is 1.85. The van der Waals surface area contributed by atoms with Crippen molar-refractivity contribution in [2.75, 3.05) is 19.7 Å². The summed E-state index contributed by atoms with van der Waals surface area (Å²) in [5.74, 6) is 0.492. The Kier molecular flexibility index (Phi) is 5.84. The van der Waals surface area contributed by atoms with Crippen molar-refractivity contribution < 1.29 is 14.6 Å². The lowest BCUT2D eigenvalue weighted by atomic mass is 10.1. The van der Waals surface area contributed by atoms with E-state index in [0.717, 1.165) is 5.56 Å². The van der Waals surface area contributed by atoms with Crippen molar-refractivity contribution in [1.29, 1.82) is 0 Å². The van der Waals surface area contributed by atoms with Gasteiger partial charge < -0.3 is 14.7 Å². The second-order valence-electron chi connectivity index (χ2n) is 5.42. The number of ether oxygens (including phenoxy) is 1. The number of likely N-dealkylation sites (N-methyl/N-ethyl adjacent to an activating group) is 1. The van der Waals surface area contributed by atoms with Crippen molar-refractivity contribution in [2.24, 2.45) is 0 Å². The molecule has 1 amide bonds. The van der Waals surface area contributed by atoms with Crippen LogP contribution < -0.4 is 4.74 Å². The lowest BCUT2D eigenvalue weighted by Gasteiger charge is -2.28. The number of aliphatic hydroxyl groups is 1. The summed E-state index contributed by atoms with van der Waals surface area (Å²) in [4.78, 5) is 13.6. The highest BCUT2D eigenvalue weighted by Crippen LogP contribution is 2.21. The number of halogens is 1. The second-order valence-corrected chi connectivity index (χ2v) is 5.86. The van der Waals surface area contributed by atoms with Crippen LogP contribution in [-0.2, 0) is 4.79 Å². The maximum Gasteiger partial charge on any atom is 0.260 e. The van der Waals surface area contributed by atoms with Crippen molar-refractivity contribution >= 4 is 17.5 Å². The van der Waals surface area contributed by atoms with Gasteiger partial charge in [0.05, 0.1) is 5.60 Å². The van der Waals surface area contributed by atoms with E-state index in [9.17, 15) is 9.90 Å². The molecule has 0 spiro atoms. The third kappa shape index (κ3) is 5.39. The summed E-state index contributed by atoms with van der Waals surface area (Å²) in [5.41, 5.74) is -0.0298. The van der Waals surface area contributed by atoms with Gasteiger partial charge in [0, 0.05) is 18.1 Å². The molecule has 1 rings (SSSR count). The molecule has 0 saturated heterocycles. The van der Waals surface area contributed by atoms with E-state index in [1.165, 1.54) is 0 Å². The molecule has 0 radical (unpaired) electrons. The van der Waals surface area contributed by atoms with Gasteiger partial charge in [-0.2, -0.15) is 0 Å². The van der Waals surface area contributed by atoms with Crippen LogP contribution in [0.1, 0.15) is 26.3 Å². The van der Waals surface area contributed by atoms with Crippen LogP contribution in [0.4, 0.5) is 0 Å². The standard InChI is InChI=1S/C15H22ClNO3/c1-5-17(10-15(3,4)19)14(18)9-20-13-7-6-12(16)8-11(13)2/h6-8,19H,5,9-10H2,1-4H3. The van der Waals surface area contributed by atoms with Crippen LogP contribution in [0.15, 0.2) is 18.2 Å². The number of carbonyl (C=O) groups is 1. The molecule has 1 aromatic rings. The molecule has 0 aromatic heterocycles. The van der Waals surface area contributed by atoms with Gasteiger partial charge in [-0.05, 0) is 51.5 Å². The quantitative estimate of drug-likeness (QED) is 0.878. The Morgan fingerprint density at radius 1 is 1.45 bits per heavy atom. The van der Waals surface area contributed by atoms with Crippen LogP contribution >= 0.6 is 11.6 Å². The summed E-state index contributed by atoms with van der Waals surface area (Å²) in [6.45, 7) is 7.86. The molecule has 0 unspecified atom stereocenters. The van der Waals surface area contributed by atoms with Crippen molar-refractivity contribution in [3.8, 4) is 5.75 Å². The molecule has 1 N–H and O–H groups in total. The van der Waals surface area contributed by atoms with E-state index >= 15 is 0 Å². The van der Waals surface area contributed by atoms with Crippen molar-refractivity contribution in [2.45, 2.75) is 33.3 Å². The Morgan fingerprint density at radius 2 is 2.10 bits per heavy atom. The van der Waals surface area contributed by atoms with Crippen molar-refractivity contribution in [3.63, 3.8) is 0 Å². The third-order valence-corrected chi connectivity index (χ3v) is 3.04. The fourth-order valence-corrected chi connectivity index (χ4v) is 2.08. The normalized spacial score (nSPS) is 11.3. The predicted octanol–water partition coefficient (Wildman–Crippen LogP) is 2.65. The zero-order valence-electron chi connectivity index (χ0n) is 12.4. The monoisotopic (exact) mass is 299 g/mol. The summed E-state index contributed by atoms with van der Waals surface area (Å²) >= 11 is 5.87. The SMILES string of the molecule is CCN(CC(C)(C)O)C(=O)COc1ccc(Cl)cc1C. The minimum absolute atomic E-state index is 0.0492. The molecule has 0 aliphatic carbocycles. The van der Waals surface area contributed by atoms with Gasteiger partial charge in [-0.1, -0.05) is 11.6 Å². The predicted molar refractivity (Wildman–Crippen MR) is 80.2 cm³/mol. The molecule has 112 valence electrons. The van der Waals surface area contributed by atoms with Crippen molar-refractivity contribution in [3.05, 3.63) is 28.8 Å². The molecule has 0 fully saturated rings. The minimum atomic E-state index is -0.915. The lowest BCUT2D eigenvalue weighted by molar-refractivity contribution is -0.136. The molecule has 0 saturated carbocycles. The summed E-state index contributed by atoms with van der Waals surface area (Å²) in [7, 11) is 0. The Morgan fingerprint density at radius 3 is 2.60 bits per heavy atom. The van der Waals surface area contributed by atoms with Crippen LogP contribution in [-0.4, -0.2) is 41.2 Å². The summed E-state index contributed by atoms with van der Waals surface area (Å²) < 4.78 is 5.52. The van der Waals surface area contributed by atoms with Gasteiger partial charge in [0.25, 0.3) is 5.91 Å². The van der Waals surface area contributed by atoms with Gasteiger partial charge in [-0.25, -0.2) is 0 Å². The summed E-state index contributed by atoms with van der Waals surface area (Å²) in [6.07, 6.45) is 0. The van der Waals surface area contributed by atoms with E-state index in [1.807, 2.05) is 13.8 Å². The van der Waals surface area contributed by atoms with Crippen LogP contribution in [0.3, 0.4) is 0 Å². The Hall–Kier alpha value is -1.26. The molecule has 0 bridgehead atoms. The Labute approximate surface area is 125 Å². The number of hydrogen-bond acceptors (Lipinski definition) is 3. The first kappa shape index (κ1) is 16.8. The number of rotatable bonds is 6. The largest absolute Gasteiger partial charge is 0.483 e.